The molecule has 0 aromatic heterocycles. The molecule has 6 heteroatoms. The lowest BCUT2D eigenvalue weighted by Gasteiger charge is -2.31. The standard InChI is InChI=1S/C28H31N3O3/c1-17(2)14-21-23-24(26(33)31(25(23)32)16-19-10-6-5-7-11-19)28(29-21)20-12-8-9-13-22(20)30(27(28)34)15-18(3)4/h5-13,17,21,23-24,29H,3,14-16H2,1-2,4H3/t21-,23-,24+,28+/m1/s1. The van der Waals surface area contributed by atoms with Crippen LogP contribution >= 0.6 is 0 Å². The molecular formula is C28H31N3O3. The zero-order valence-electron chi connectivity index (χ0n) is 20.0. The van der Waals surface area contributed by atoms with Crippen molar-refractivity contribution in [2.24, 2.45) is 17.8 Å². The molecule has 0 saturated carbocycles. The Morgan fingerprint density at radius 2 is 1.68 bits per heavy atom. The fourth-order valence-electron chi connectivity index (χ4n) is 6.07. The summed E-state index contributed by atoms with van der Waals surface area (Å²) in [6.07, 6.45) is 0.705. The average Bonchev–Trinajstić information content (AvgIpc) is 3.34. The number of para-hydroxylation sites is 1. The third kappa shape index (κ3) is 3.23. The highest BCUT2D eigenvalue weighted by Crippen LogP contribution is 2.55. The van der Waals surface area contributed by atoms with Crippen LogP contribution in [0.15, 0.2) is 66.7 Å². The number of nitrogens with zero attached hydrogens (tertiary/aromatic N) is 2. The Kier molecular flexibility index (Phi) is 5.44. The first kappa shape index (κ1) is 22.5. The Morgan fingerprint density at radius 3 is 2.35 bits per heavy atom. The number of benzene rings is 2. The van der Waals surface area contributed by atoms with Crippen LogP contribution in [0.3, 0.4) is 0 Å². The van der Waals surface area contributed by atoms with E-state index in [1.165, 1.54) is 4.90 Å². The summed E-state index contributed by atoms with van der Waals surface area (Å²) in [5.41, 5.74) is 2.08. The van der Waals surface area contributed by atoms with E-state index in [4.69, 9.17) is 0 Å². The van der Waals surface area contributed by atoms with Gasteiger partial charge in [0.2, 0.25) is 11.8 Å². The van der Waals surface area contributed by atoms with E-state index >= 15 is 0 Å². The van der Waals surface area contributed by atoms with Crippen LogP contribution in [0, 0.1) is 17.8 Å². The molecule has 0 unspecified atom stereocenters. The summed E-state index contributed by atoms with van der Waals surface area (Å²) in [6.45, 7) is 10.7. The summed E-state index contributed by atoms with van der Waals surface area (Å²) in [5.74, 6) is -1.65. The van der Waals surface area contributed by atoms with Gasteiger partial charge in [-0.3, -0.25) is 24.6 Å². The lowest BCUT2D eigenvalue weighted by Crippen LogP contribution is -2.55. The highest BCUT2D eigenvalue weighted by molar-refractivity contribution is 6.16. The van der Waals surface area contributed by atoms with E-state index in [1.807, 2.05) is 61.5 Å². The highest BCUT2D eigenvalue weighted by atomic mass is 16.2. The van der Waals surface area contributed by atoms with Crippen LogP contribution in [0.4, 0.5) is 5.69 Å². The Hall–Kier alpha value is -3.25. The minimum absolute atomic E-state index is 0.166. The molecule has 6 nitrogen and oxygen atoms in total. The van der Waals surface area contributed by atoms with Crippen molar-refractivity contribution in [2.75, 3.05) is 11.4 Å². The van der Waals surface area contributed by atoms with Crippen molar-refractivity contribution in [3.05, 3.63) is 77.9 Å². The van der Waals surface area contributed by atoms with E-state index in [1.54, 1.807) is 4.90 Å². The van der Waals surface area contributed by atoms with E-state index < -0.39 is 17.4 Å². The van der Waals surface area contributed by atoms with Crippen LogP contribution in [0.25, 0.3) is 0 Å². The quantitative estimate of drug-likeness (QED) is 0.531. The number of likely N-dealkylation sites (tertiary alicyclic amines) is 1. The monoisotopic (exact) mass is 457 g/mol. The summed E-state index contributed by atoms with van der Waals surface area (Å²) in [6, 6.07) is 16.9. The predicted molar refractivity (Wildman–Crippen MR) is 131 cm³/mol. The maximum Gasteiger partial charge on any atom is 0.253 e. The number of hydrogen-bond acceptors (Lipinski definition) is 4. The van der Waals surface area contributed by atoms with Gasteiger partial charge in [-0.1, -0.05) is 74.5 Å². The number of fused-ring (bicyclic) bond motifs is 4. The summed E-state index contributed by atoms with van der Waals surface area (Å²) in [4.78, 5) is 44.9. The first-order valence-electron chi connectivity index (χ1n) is 12.0. The van der Waals surface area contributed by atoms with Crippen LogP contribution in [-0.2, 0) is 26.5 Å². The molecule has 2 fully saturated rings. The normalized spacial score (nSPS) is 27.8. The molecular weight excluding hydrogens is 426 g/mol. The van der Waals surface area contributed by atoms with Crippen LogP contribution < -0.4 is 10.2 Å². The van der Waals surface area contributed by atoms with E-state index in [2.05, 4.69) is 25.7 Å². The molecule has 3 aliphatic heterocycles. The zero-order chi connectivity index (χ0) is 24.2. The van der Waals surface area contributed by atoms with Crippen LogP contribution in [0.5, 0.6) is 0 Å². The molecule has 5 rings (SSSR count). The lowest BCUT2D eigenvalue weighted by molar-refractivity contribution is -0.143. The Morgan fingerprint density at radius 1 is 1.00 bits per heavy atom. The van der Waals surface area contributed by atoms with Gasteiger partial charge in [-0.25, -0.2) is 0 Å². The number of hydrogen-bond donors (Lipinski definition) is 1. The second kappa shape index (κ2) is 8.20. The fourth-order valence-corrected chi connectivity index (χ4v) is 6.07. The second-order valence-electron chi connectivity index (χ2n) is 10.3. The van der Waals surface area contributed by atoms with Gasteiger partial charge in [0.05, 0.1) is 18.4 Å². The van der Waals surface area contributed by atoms with Crippen LogP contribution in [0.1, 0.15) is 38.3 Å². The van der Waals surface area contributed by atoms with Crippen molar-refractivity contribution in [3.8, 4) is 0 Å². The molecule has 176 valence electrons. The Bertz CT molecular complexity index is 1170. The van der Waals surface area contributed by atoms with Gasteiger partial charge in [-0.05, 0) is 30.9 Å². The molecule has 3 amide bonds. The molecule has 1 spiro atoms. The molecule has 3 heterocycles. The largest absolute Gasteiger partial charge is 0.306 e. The molecule has 3 aliphatic rings. The van der Waals surface area contributed by atoms with Crippen molar-refractivity contribution in [1.82, 2.24) is 10.2 Å². The maximum absolute atomic E-state index is 14.2. The average molecular weight is 458 g/mol. The minimum atomic E-state index is -1.24. The second-order valence-corrected chi connectivity index (χ2v) is 10.3. The molecule has 4 atom stereocenters. The fraction of sp³-hybridized carbons (Fsp3) is 0.393. The van der Waals surface area contributed by atoms with Gasteiger partial charge in [0.25, 0.3) is 5.91 Å². The first-order chi connectivity index (χ1) is 16.3. The van der Waals surface area contributed by atoms with Gasteiger partial charge in [0.15, 0.2) is 0 Å². The molecule has 2 aromatic carbocycles. The predicted octanol–water partition coefficient (Wildman–Crippen LogP) is 3.62. The molecule has 1 N–H and O–H groups in total. The van der Waals surface area contributed by atoms with Gasteiger partial charge in [-0.2, -0.15) is 0 Å². The van der Waals surface area contributed by atoms with E-state index in [-0.39, 0.29) is 30.3 Å². The SMILES string of the molecule is C=C(C)CN1C(=O)[C@]2(N[C@H](CC(C)C)[C@H]3C(=O)N(Cc4ccccc4)C(=O)[C@H]32)c2ccccc21. The molecule has 0 radical (unpaired) electrons. The topological polar surface area (TPSA) is 69.7 Å². The van der Waals surface area contributed by atoms with Crippen molar-refractivity contribution >= 4 is 23.4 Å². The minimum Gasteiger partial charge on any atom is -0.306 e. The summed E-state index contributed by atoms with van der Waals surface area (Å²) < 4.78 is 0. The molecule has 2 aromatic rings. The first-order valence-corrected chi connectivity index (χ1v) is 12.0. The zero-order valence-corrected chi connectivity index (χ0v) is 20.0. The van der Waals surface area contributed by atoms with Crippen LogP contribution in [-0.4, -0.2) is 35.2 Å². The number of carbonyl (C=O) groups is 3. The molecule has 0 bridgehead atoms. The van der Waals surface area contributed by atoms with Crippen molar-refractivity contribution in [3.63, 3.8) is 0 Å². The Balaban J connectivity index is 1.62. The number of amides is 3. The number of carbonyl (C=O) groups excluding carboxylic acids is 3. The molecule has 34 heavy (non-hydrogen) atoms. The maximum atomic E-state index is 14.2. The van der Waals surface area contributed by atoms with E-state index in [0.29, 0.717) is 18.9 Å². The number of imide groups is 1. The number of nitrogens with one attached hydrogen (secondary N) is 1. The van der Waals surface area contributed by atoms with Gasteiger partial charge in [0, 0.05) is 23.8 Å². The van der Waals surface area contributed by atoms with Gasteiger partial charge in [0.1, 0.15) is 5.54 Å². The van der Waals surface area contributed by atoms with E-state index in [0.717, 1.165) is 22.4 Å². The molecule has 0 aliphatic carbocycles. The third-order valence-electron chi connectivity index (χ3n) is 7.29. The van der Waals surface area contributed by atoms with E-state index in [9.17, 15) is 14.4 Å². The van der Waals surface area contributed by atoms with Gasteiger partial charge < -0.3 is 4.90 Å². The lowest BCUT2D eigenvalue weighted by atomic mass is 9.76. The Labute approximate surface area is 200 Å². The van der Waals surface area contributed by atoms with Crippen LogP contribution in [0.2, 0.25) is 0 Å². The van der Waals surface area contributed by atoms with Crippen molar-refractivity contribution in [2.45, 2.75) is 45.3 Å². The summed E-state index contributed by atoms with van der Waals surface area (Å²) in [5, 5.41) is 3.56. The smallest absolute Gasteiger partial charge is 0.253 e. The van der Waals surface area contributed by atoms with Crippen molar-refractivity contribution in [1.29, 1.82) is 0 Å². The summed E-state index contributed by atoms with van der Waals surface area (Å²) >= 11 is 0. The molecule has 2 saturated heterocycles. The highest BCUT2D eigenvalue weighted by Gasteiger charge is 2.71. The summed E-state index contributed by atoms with van der Waals surface area (Å²) in [7, 11) is 0. The number of anilines is 1. The van der Waals surface area contributed by atoms with Gasteiger partial charge in [-0.15, -0.1) is 0 Å². The number of rotatable bonds is 6. The van der Waals surface area contributed by atoms with Crippen molar-refractivity contribution < 1.29 is 14.4 Å². The van der Waals surface area contributed by atoms with Gasteiger partial charge >= 0.3 is 0 Å². The third-order valence-corrected chi connectivity index (χ3v) is 7.29.